The van der Waals surface area contributed by atoms with Crippen molar-refractivity contribution in [3.63, 3.8) is 0 Å². The van der Waals surface area contributed by atoms with E-state index in [1.165, 1.54) is 58.2 Å². The van der Waals surface area contributed by atoms with Gasteiger partial charge in [-0.1, -0.05) is 19.3 Å². The maximum absolute atomic E-state index is 5.42. The fraction of sp³-hybridized carbons (Fsp3) is 1.00. The molecular weight excluding hydrogens is 236 g/mol. The molecule has 1 aliphatic heterocycles. The molecule has 3 nitrogen and oxygen atoms in total. The summed E-state index contributed by atoms with van der Waals surface area (Å²) in [5.41, 5.74) is 0.160. The van der Waals surface area contributed by atoms with Crippen LogP contribution in [-0.4, -0.2) is 49.8 Å². The van der Waals surface area contributed by atoms with E-state index in [0.717, 1.165) is 12.5 Å². The van der Waals surface area contributed by atoms with Crippen molar-refractivity contribution in [3.8, 4) is 0 Å². The Labute approximate surface area is 119 Å². The van der Waals surface area contributed by atoms with E-state index in [2.05, 4.69) is 24.1 Å². The monoisotopic (exact) mass is 268 g/mol. The van der Waals surface area contributed by atoms with Gasteiger partial charge < -0.3 is 10.1 Å². The van der Waals surface area contributed by atoms with Crippen molar-refractivity contribution in [3.05, 3.63) is 0 Å². The van der Waals surface area contributed by atoms with Crippen molar-refractivity contribution in [2.75, 3.05) is 33.4 Å². The third-order valence-corrected chi connectivity index (χ3v) is 5.00. The first-order valence-corrected chi connectivity index (χ1v) is 8.11. The third kappa shape index (κ3) is 4.17. The van der Waals surface area contributed by atoms with Crippen molar-refractivity contribution in [2.24, 2.45) is 5.92 Å². The average molecular weight is 268 g/mol. The molecule has 19 heavy (non-hydrogen) atoms. The molecule has 1 aliphatic carbocycles. The molecule has 2 rings (SSSR count). The largest absolute Gasteiger partial charge is 0.383 e. The Kier molecular flexibility index (Phi) is 5.67. The summed E-state index contributed by atoms with van der Waals surface area (Å²) in [6.45, 7) is 9.04. The summed E-state index contributed by atoms with van der Waals surface area (Å²) >= 11 is 0. The normalized spacial score (nSPS) is 28.3. The molecule has 1 atom stereocenters. The highest BCUT2D eigenvalue weighted by atomic mass is 16.5. The predicted octanol–water partition coefficient (Wildman–Crippen LogP) is 2.66. The lowest BCUT2D eigenvalue weighted by Crippen LogP contribution is -2.52. The second-order valence-corrected chi connectivity index (χ2v) is 7.00. The minimum atomic E-state index is 0.160. The molecule has 1 N–H and O–H groups in total. The number of methoxy groups -OCH3 is 1. The van der Waals surface area contributed by atoms with Crippen molar-refractivity contribution >= 4 is 0 Å². The van der Waals surface area contributed by atoms with Gasteiger partial charge in [-0.25, -0.2) is 0 Å². The molecule has 0 spiro atoms. The first-order valence-electron chi connectivity index (χ1n) is 8.11. The summed E-state index contributed by atoms with van der Waals surface area (Å²) in [5, 5.41) is 3.81. The minimum Gasteiger partial charge on any atom is -0.383 e. The lowest BCUT2D eigenvalue weighted by Gasteiger charge is -2.40. The Morgan fingerprint density at radius 1 is 1.16 bits per heavy atom. The number of ether oxygens (including phenoxy) is 1. The van der Waals surface area contributed by atoms with Gasteiger partial charge in [0.1, 0.15) is 0 Å². The van der Waals surface area contributed by atoms with Gasteiger partial charge in [-0.3, -0.25) is 4.90 Å². The number of hydrogen-bond acceptors (Lipinski definition) is 3. The Bertz CT molecular complexity index is 261. The molecule has 112 valence electrons. The van der Waals surface area contributed by atoms with E-state index >= 15 is 0 Å². The van der Waals surface area contributed by atoms with Crippen LogP contribution in [0.5, 0.6) is 0 Å². The van der Waals surface area contributed by atoms with E-state index < -0.39 is 0 Å². The maximum atomic E-state index is 5.42. The lowest BCUT2D eigenvalue weighted by atomic mass is 9.83. The molecule has 3 heteroatoms. The van der Waals surface area contributed by atoms with Crippen molar-refractivity contribution in [2.45, 2.75) is 64.0 Å². The van der Waals surface area contributed by atoms with E-state index in [1.807, 2.05) is 7.11 Å². The summed E-state index contributed by atoms with van der Waals surface area (Å²) in [4.78, 5) is 2.65. The third-order valence-electron chi connectivity index (χ3n) is 5.00. The SMILES string of the molecule is COCC(C)(C)N1CCCNC(C2CCCCC2)C1. The highest BCUT2D eigenvalue weighted by Gasteiger charge is 2.33. The van der Waals surface area contributed by atoms with Crippen LogP contribution in [0.25, 0.3) is 0 Å². The molecule has 0 aromatic heterocycles. The van der Waals surface area contributed by atoms with E-state index in [0.29, 0.717) is 6.04 Å². The van der Waals surface area contributed by atoms with E-state index in [4.69, 9.17) is 4.74 Å². The van der Waals surface area contributed by atoms with Crippen molar-refractivity contribution in [1.29, 1.82) is 0 Å². The lowest BCUT2D eigenvalue weighted by molar-refractivity contribution is 0.0275. The van der Waals surface area contributed by atoms with Gasteiger partial charge in [0.25, 0.3) is 0 Å². The fourth-order valence-corrected chi connectivity index (χ4v) is 3.80. The zero-order chi connectivity index (χ0) is 13.7. The van der Waals surface area contributed by atoms with E-state index in [-0.39, 0.29) is 5.54 Å². The van der Waals surface area contributed by atoms with Crippen LogP contribution in [0, 0.1) is 5.92 Å². The van der Waals surface area contributed by atoms with Gasteiger partial charge in [0.05, 0.1) is 6.61 Å². The summed E-state index contributed by atoms with van der Waals surface area (Å²) in [6, 6.07) is 0.693. The molecule has 2 fully saturated rings. The molecule has 0 bridgehead atoms. The molecule has 1 heterocycles. The van der Waals surface area contributed by atoms with E-state index in [1.54, 1.807) is 0 Å². The van der Waals surface area contributed by atoms with Gasteiger partial charge >= 0.3 is 0 Å². The van der Waals surface area contributed by atoms with Crippen LogP contribution >= 0.6 is 0 Å². The molecule has 2 aliphatic rings. The van der Waals surface area contributed by atoms with Crippen molar-refractivity contribution < 1.29 is 4.74 Å². The smallest absolute Gasteiger partial charge is 0.0641 e. The predicted molar refractivity (Wildman–Crippen MR) is 80.5 cm³/mol. The summed E-state index contributed by atoms with van der Waals surface area (Å²) in [7, 11) is 1.82. The molecule has 1 saturated carbocycles. The van der Waals surface area contributed by atoms with E-state index in [9.17, 15) is 0 Å². The number of rotatable bonds is 4. The Balaban J connectivity index is 1.97. The zero-order valence-electron chi connectivity index (χ0n) is 13.1. The standard InChI is InChI=1S/C16H32N2O/c1-16(2,13-19-3)18-11-7-10-17-15(12-18)14-8-5-4-6-9-14/h14-15,17H,4-13H2,1-3H3. The van der Waals surface area contributed by atoms with Gasteiger partial charge in [-0.15, -0.1) is 0 Å². The number of nitrogens with zero attached hydrogens (tertiary/aromatic N) is 1. The molecule has 1 unspecified atom stereocenters. The van der Waals surface area contributed by atoms with Crippen LogP contribution in [-0.2, 0) is 4.74 Å². The van der Waals surface area contributed by atoms with Crippen LogP contribution in [0.1, 0.15) is 52.4 Å². The first-order chi connectivity index (χ1) is 9.13. The fourth-order valence-electron chi connectivity index (χ4n) is 3.80. The second-order valence-electron chi connectivity index (χ2n) is 7.00. The van der Waals surface area contributed by atoms with Gasteiger partial charge in [-0.2, -0.15) is 0 Å². The van der Waals surface area contributed by atoms with Crippen LogP contribution in [0.15, 0.2) is 0 Å². The van der Waals surface area contributed by atoms with Crippen LogP contribution in [0.3, 0.4) is 0 Å². The highest BCUT2D eigenvalue weighted by Crippen LogP contribution is 2.29. The Morgan fingerprint density at radius 3 is 2.58 bits per heavy atom. The average Bonchev–Trinajstić information content (AvgIpc) is 2.66. The quantitative estimate of drug-likeness (QED) is 0.848. The Hall–Kier alpha value is -0.120. The molecule has 1 saturated heterocycles. The first kappa shape index (κ1) is 15.3. The molecular formula is C16H32N2O. The zero-order valence-corrected chi connectivity index (χ0v) is 13.1. The molecule has 0 aromatic carbocycles. The topological polar surface area (TPSA) is 24.5 Å². The van der Waals surface area contributed by atoms with Gasteiger partial charge in [0, 0.05) is 31.8 Å². The molecule has 0 radical (unpaired) electrons. The second kappa shape index (κ2) is 7.05. The Morgan fingerprint density at radius 2 is 1.89 bits per heavy atom. The summed E-state index contributed by atoms with van der Waals surface area (Å²) in [5.74, 6) is 0.896. The summed E-state index contributed by atoms with van der Waals surface area (Å²) < 4.78 is 5.42. The number of hydrogen-bond donors (Lipinski definition) is 1. The van der Waals surface area contributed by atoms with Crippen LogP contribution in [0.2, 0.25) is 0 Å². The highest BCUT2D eigenvalue weighted by molar-refractivity contribution is 4.90. The van der Waals surface area contributed by atoms with Gasteiger partial charge in [0.15, 0.2) is 0 Å². The van der Waals surface area contributed by atoms with Crippen molar-refractivity contribution in [1.82, 2.24) is 10.2 Å². The van der Waals surface area contributed by atoms with Crippen LogP contribution < -0.4 is 5.32 Å². The maximum Gasteiger partial charge on any atom is 0.0641 e. The molecule has 0 aromatic rings. The number of nitrogens with one attached hydrogen (secondary N) is 1. The van der Waals surface area contributed by atoms with Crippen LogP contribution in [0.4, 0.5) is 0 Å². The van der Waals surface area contributed by atoms with Gasteiger partial charge in [0.2, 0.25) is 0 Å². The summed E-state index contributed by atoms with van der Waals surface area (Å²) in [6.07, 6.45) is 8.43. The molecule has 0 amide bonds. The van der Waals surface area contributed by atoms with Gasteiger partial charge in [-0.05, 0) is 45.6 Å². The minimum absolute atomic E-state index is 0.160.